The first kappa shape index (κ1) is 35.5. The van der Waals surface area contributed by atoms with Gasteiger partial charge >= 0.3 is 5.97 Å². The molecule has 0 aromatic heterocycles. The monoisotopic (exact) mass is 509 g/mol. The Kier molecular flexibility index (Phi) is 28.6. The highest BCUT2D eigenvalue weighted by atomic mass is 16.5. The van der Waals surface area contributed by atoms with Crippen LogP contribution < -0.4 is 0 Å². The fourth-order valence-electron chi connectivity index (χ4n) is 5.44. The van der Waals surface area contributed by atoms with Crippen LogP contribution in [-0.2, 0) is 9.53 Å². The van der Waals surface area contributed by atoms with Gasteiger partial charge in [-0.2, -0.15) is 0 Å². The van der Waals surface area contributed by atoms with E-state index in [4.69, 9.17) is 4.74 Å². The Bertz CT molecular complexity index is 433. The molecule has 0 N–H and O–H groups in total. The van der Waals surface area contributed by atoms with Crippen LogP contribution in [0.2, 0.25) is 0 Å². The van der Waals surface area contributed by atoms with Gasteiger partial charge in [0.25, 0.3) is 0 Å². The van der Waals surface area contributed by atoms with Gasteiger partial charge in [-0.05, 0) is 25.2 Å². The van der Waals surface area contributed by atoms with E-state index >= 15 is 0 Å². The SMILES string of the molecule is CCCCCCCCCCCCCCC(C(=O)OCCCCCCCCCCCC)C(C)CCCC. The van der Waals surface area contributed by atoms with Crippen LogP contribution in [0, 0.1) is 11.8 Å². The molecule has 0 aliphatic heterocycles. The van der Waals surface area contributed by atoms with Gasteiger partial charge in [-0.15, -0.1) is 0 Å². The van der Waals surface area contributed by atoms with Gasteiger partial charge in [0.1, 0.15) is 0 Å². The Hall–Kier alpha value is -0.530. The second kappa shape index (κ2) is 29.0. The minimum atomic E-state index is 0.0950. The van der Waals surface area contributed by atoms with E-state index in [1.165, 1.54) is 148 Å². The predicted octanol–water partition coefficient (Wildman–Crippen LogP) is 12.0. The van der Waals surface area contributed by atoms with Crippen molar-refractivity contribution >= 4 is 5.97 Å². The fourth-order valence-corrected chi connectivity index (χ4v) is 5.44. The lowest BCUT2D eigenvalue weighted by atomic mass is 9.85. The van der Waals surface area contributed by atoms with Gasteiger partial charge in [0, 0.05) is 0 Å². The quantitative estimate of drug-likeness (QED) is 0.0741. The largest absolute Gasteiger partial charge is 0.465 e. The summed E-state index contributed by atoms with van der Waals surface area (Å²) in [5, 5.41) is 0. The van der Waals surface area contributed by atoms with E-state index in [0.29, 0.717) is 12.5 Å². The number of unbranched alkanes of at least 4 members (excludes halogenated alkanes) is 21. The standard InChI is InChI=1S/C34H68O2/c1-5-8-11-13-15-17-19-20-21-23-25-27-30-33(32(4)29-10-7-3)34(35)36-31-28-26-24-22-18-16-14-12-9-6-2/h32-33H,5-31H2,1-4H3. The molecule has 0 bridgehead atoms. The second-order valence-corrected chi connectivity index (χ2v) is 11.8. The number of hydrogen-bond donors (Lipinski definition) is 0. The molecule has 0 aliphatic rings. The van der Waals surface area contributed by atoms with Crippen LogP contribution in [0.1, 0.15) is 195 Å². The van der Waals surface area contributed by atoms with Crippen molar-refractivity contribution in [1.82, 2.24) is 0 Å². The second-order valence-electron chi connectivity index (χ2n) is 11.8. The van der Waals surface area contributed by atoms with Crippen molar-refractivity contribution in [2.45, 2.75) is 195 Å². The summed E-state index contributed by atoms with van der Waals surface area (Å²) in [6.07, 6.45) is 34.2. The van der Waals surface area contributed by atoms with Crippen molar-refractivity contribution in [3.05, 3.63) is 0 Å². The van der Waals surface area contributed by atoms with Gasteiger partial charge in [0.2, 0.25) is 0 Å². The number of esters is 1. The van der Waals surface area contributed by atoms with Gasteiger partial charge in [-0.1, -0.05) is 175 Å². The van der Waals surface area contributed by atoms with E-state index in [1.54, 1.807) is 0 Å². The summed E-state index contributed by atoms with van der Waals surface area (Å²) in [7, 11) is 0. The third kappa shape index (κ3) is 23.8. The third-order valence-corrected chi connectivity index (χ3v) is 8.11. The lowest BCUT2D eigenvalue weighted by molar-refractivity contribution is -0.151. The van der Waals surface area contributed by atoms with Crippen LogP contribution in [-0.4, -0.2) is 12.6 Å². The molecule has 0 saturated heterocycles. The summed E-state index contributed by atoms with van der Waals surface area (Å²) >= 11 is 0. The molecule has 0 aliphatic carbocycles. The average Bonchev–Trinajstić information content (AvgIpc) is 2.88. The van der Waals surface area contributed by atoms with Crippen LogP contribution >= 0.6 is 0 Å². The molecule has 0 spiro atoms. The summed E-state index contributed by atoms with van der Waals surface area (Å²) in [4.78, 5) is 12.9. The highest BCUT2D eigenvalue weighted by Gasteiger charge is 2.25. The summed E-state index contributed by atoms with van der Waals surface area (Å²) in [5.74, 6) is 0.665. The zero-order chi connectivity index (χ0) is 26.5. The van der Waals surface area contributed by atoms with Crippen LogP contribution in [0.5, 0.6) is 0 Å². The smallest absolute Gasteiger partial charge is 0.309 e. The molecule has 2 unspecified atom stereocenters. The molecule has 0 heterocycles. The van der Waals surface area contributed by atoms with Gasteiger partial charge in [0.15, 0.2) is 0 Å². The molecular weight excluding hydrogens is 440 g/mol. The molecule has 0 radical (unpaired) electrons. The van der Waals surface area contributed by atoms with Crippen molar-refractivity contribution in [1.29, 1.82) is 0 Å². The topological polar surface area (TPSA) is 26.3 Å². The first-order valence-corrected chi connectivity index (χ1v) is 16.8. The molecule has 36 heavy (non-hydrogen) atoms. The van der Waals surface area contributed by atoms with Gasteiger partial charge in [0.05, 0.1) is 12.5 Å². The van der Waals surface area contributed by atoms with Crippen molar-refractivity contribution in [3.63, 3.8) is 0 Å². The first-order valence-electron chi connectivity index (χ1n) is 16.8. The summed E-state index contributed by atoms with van der Waals surface area (Å²) in [6.45, 7) is 9.72. The lowest BCUT2D eigenvalue weighted by Crippen LogP contribution is -2.25. The van der Waals surface area contributed by atoms with E-state index in [1.807, 2.05) is 0 Å². The van der Waals surface area contributed by atoms with Crippen LogP contribution in [0.3, 0.4) is 0 Å². The van der Waals surface area contributed by atoms with Crippen molar-refractivity contribution in [2.24, 2.45) is 11.8 Å². The van der Waals surface area contributed by atoms with Crippen LogP contribution in [0.25, 0.3) is 0 Å². The number of carbonyl (C=O) groups excluding carboxylic acids is 1. The number of ether oxygens (including phenoxy) is 1. The van der Waals surface area contributed by atoms with Crippen molar-refractivity contribution < 1.29 is 9.53 Å². The fraction of sp³-hybridized carbons (Fsp3) is 0.971. The van der Waals surface area contributed by atoms with Gasteiger partial charge in [-0.25, -0.2) is 0 Å². The lowest BCUT2D eigenvalue weighted by Gasteiger charge is -2.22. The Morgan fingerprint density at radius 1 is 0.472 bits per heavy atom. The van der Waals surface area contributed by atoms with E-state index in [9.17, 15) is 4.79 Å². The van der Waals surface area contributed by atoms with Gasteiger partial charge < -0.3 is 4.74 Å². The van der Waals surface area contributed by atoms with Gasteiger partial charge in [-0.3, -0.25) is 4.79 Å². The van der Waals surface area contributed by atoms with E-state index < -0.39 is 0 Å². The summed E-state index contributed by atoms with van der Waals surface area (Å²) < 4.78 is 5.80. The molecule has 0 saturated carbocycles. The maximum absolute atomic E-state index is 12.9. The number of hydrogen-bond acceptors (Lipinski definition) is 2. The molecule has 2 nitrogen and oxygen atoms in total. The van der Waals surface area contributed by atoms with Crippen molar-refractivity contribution in [2.75, 3.05) is 6.61 Å². The highest BCUT2D eigenvalue weighted by Crippen LogP contribution is 2.26. The summed E-state index contributed by atoms with van der Waals surface area (Å²) in [6, 6.07) is 0. The third-order valence-electron chi connectivity index (χ3n) is 8.11. The Balaban J connectivity index is 3.92. The van der Waals surface area contributed by atoms with Crippen molar-refractivity contribution in [3.8, 4) is 0 Å². The van der Waals surface area contributed by atoms with E-state index in [2.05, 4.69) is 27.7 Å². The molecule has 216 valence electrons. The molecule has 0 fully saturated rings. The Morgan fingerprint density at radius 3 is 1.25 bits per heavy atom. The van der Waals surface area contributed by atoms with Crippen LogP contribution in [0.4, 0.5) is 0 Å². The zero-order valence-electron chi connectivity index (χ0n) is 25.6. The number of carbonyl (C=O) groups is 1. The molecule has 0 aromatic rings. The zero-order valence-corrected chi connectivity index (χ0v) is 25.6. The summed E-state index contributed by atoms with van der Waals surface area (Å²) in [5.41, 5.74) is 0. The highest BCUT2D eigenvalue weighted by molar-refractivity contribution is 5.72. The molecule has 2 heteroatoms. The normalized spacial score (nSPS) is 13.1. The molecule has 0 amide bonds. The minimum Gasteiger partial charge on any atom is -0.465 e. The molecular formula is C34H68O2. The number of rotatable bonds is 29. The Morgan fingerprint density at radius 2 is 0.833 bits per heavy atom. The van der Waals surface area contributed by atoms with E-state index in [-0.39, 0.29) is 11.9 Å². The van der Waals surface area contributed by atoms with Crippen LogP contribution in [0.15, 0.2) is 0 Å². The Labute approximate surface area is 228 Å². The average molecular weight is 509 g/mol. The molecule has 2 atom stereocenters. The first-order chi connectivity index (χ1) is 17.7. The maximum Gasteiger partial charge on any atom is 0.309 e. The minimum absolute atomic E-state index is 0.0950. The van der Waals surface area contributed by atoms with E-state index in [0.717, 1.165) is 19.3 Å². The molecule has 0 rings (SSSR count). The predicted molar refractivity (Wildman–Crippen MR) is 161 cm³/mol. The molecule has 0 aromatic carbocycles. The maximum atomic E-state index is 12.9.